The van der Waals surface area contributed by atoms with Gasteiger partial charge in [-0.2, -0.15) is 0 Å². The number of phenolic OH excluding ortho intramolecular Hbond substituents is 1. The number of phenols is 1. The number of hydrogen-bond donors (Lipinski definition) is 1. The third-order valence-corrected chi connectivity index (χ3v) is 3.41. The van der Waals surface area contributed by atoms with Crippen molar-refractivity contribution in [2.45, 2.75) is 4.83 Å². The summed E-state index contributed by atoms with van der Waals surface area (Å²) >= 11 is 3.54. The monoisotopic (exact) mass is 280 g/mol. The van der Waals surface area contributed by atoms with Crippen molar-refractivity contribution in [3.05, 3.63) is 65.5 Å². The molecule has 0 bridgehead atoms. The summed E-state index contributed by atoms with van der Waals surface area (Å²) < 4.78 is 12.8. The highest BCUT2D eigenvalue weighted by molar-refractivity contribution is 9.09. The van der Waals surface area contributed by atoms with Gasteiger partial charge in [0.05, 0.1) is 4.83 Å². The Morgan fingerprint density at radius 2 is 1.31 bits per heavy atom. The number of benzene rings is 2. The molecule has 3 heteroatoms. The first-order chi connectivity index (χ1) is 7.66. The first-order valence-corrected chi connectivity index (χ1v) is 5.77. The Balaban J connectivity index is 2.28. The molecule has 0 spiro atoms. The van der Waals surface area contributed by atoms with Gasteiger partial charge in [-0.1, -0.05) is 40.2 Å². The number of rotatable bonds is 2. The van der Waals surface area contributed by atoms with Crippen LogP contribution in [0.25, 0.3) is 0 Å². The minimum Gasteiger partial charge on any atom is -0.508 e. The molecular formula is C13H10BrFO. The van der Waals surface area contributed by atoms with Crippen molar-refractivity contribution in [1.29, 1.82) is 0 Å². The van der Waals surface area contributed by atoms with Crippen LogP contribution in [0.2, 0.25) is 0 Å². The molecule has 2 aromatic rings. The third kappa shape index (κ3) is 2.42. The molecule has 1 unspecified atom stereocenters. The fourth-order valence-electron chi connectivity index (χ4n) is 1.47. The van der Waals surface area contributed by atoms with Crippen molar-refractivity contribution in [2.75, 3.05) is 0 Å². The van der Waals surface area contributed by atoms with Crippen molar-refractivity contribution >= 4 is 15.9 Å². The van der Waals surface area contributed by atoms with E-state index >= 15 is 0 Å². The first kappa shape index (κ1) is 11.1. The summed E-state index contributed by atoms with van der Waals surface area (Å²) in [6.45, 7) is 0. The van der Waals surface area contributed by atoms with Crippen molar-refractivity contribution in [3.63, 3.8) is 0 Å². The molecule has 82 valence electrons. The summed E-state index contributed by atoms with van der Waals surface area (Å²) in [6.07, 6.45) is 0. The van der Waals surface area contributed by atoms with E-state index in [1.165, 1.54) is 12.1 Å². The predicted octanol–water partition coefficient (Wildman–Crippen LogP) is 4.02. The molecule has 1 N–H and O–H groups in total. The highest BCUT2D eigenvalue weighted by Crippen LogP contribution is 2.31. The molecule has 1 atom stereocenters. The molecule has 0 fully saturated rings. The lowest BCUT2D eigenvalue weighted by Crippen LogP contribution is -1.92. The van der Waals surface area contributed by atoms with E-state index in [-0.39, 0.29) is 16.4 Å². The van der Waals surface area contributed by atoms with Crippen LogP contribution >= 0.6 is 15.9 Å². The molecule has 0 aromatic heterocycles. The van der Waals surface area contributed by atoms with Crippen LogP contribution in [0.15, 0.2) is 48.5 Å². The van der Waals surface area contributed by atoms with Crippen LogP contribution in [-0.4, -0.2) is 5.11 Å². The van der Waals surface area contributed by atoms with Crippen molar-refractivity contribution in [2.24, 2.45) is 0 Å². The molecular weight excluding hydrogens is 271 g/mol. The van der Waals surface area contributed by atoms with Crippen molar-refractivity contribution in [3.8, 4) is 5.75 Å². The lowest BCUT2D eigenvalue weighted by molar-refractivity contribution is 0.475. The minimum atomic E-state index is -0.242. The topological polar surface area (TPSA) is 20.2 Å². The molecule has 16 heavy (non-hydrogen) atoms. The zero-order valence-electron chi connectivity index (χ0n) is 8.40. The van der Waals surface area contributed by atoms with E-state index in [0.717, 1.165) is 11.1 Å². The molecule has 0 aliphatic carbocycles. The van der Waals surface area contributed by atoms with E-state index in [0.29, 0.717) is 0 Å². The molecule has 0 aliphatic heterocycles. The second kappa shape index (κ2) is 4.66. The van der Waals surface area contributed by atoms with Gasteiger partial charge in [-0.25, -0.2) is 4.39 Å². The van der Waals surface area contributed by atoms with Gasteiger partial charge in [-0.05, 0) is 35.4 Å². The molecule has 1 nitrogen and oxygen atoms in total. The van der Waals surface area contributed by atoms with Gasteiger partial charge in [-0.3, -0.25) is 0 Å². The van der Waals surface area contributed by atoms with E-state index in [1.54, 1.807) is 24.3 Å². The first-order valence-electron chi connectivity index (χ1n) is 4.85. The zero-order chi connectivity index (χ0) is 11.5. The van der Waals surface area contributed by atoms with Gasteiger partial charge in [0.25, 0.3) is 0 Å². The molecule has 2 rings (SSSR count). The normalized spacial score (nSPS) is 12.4. The van der Waals surface area contributed by atoms with E-state index in [4.69, 9.17) is 0 Å². The molecule has 0 saturated heterocycles. The summed E-state index contributed by atoms with van der Waals surface area (Å²) in [6, 6.07) is 13.3. The van der Waals surface area contributed by atoms with E-state index in [1.807, 2.05) is 12.1 Å². The van der Waals surface area contributed by atoms with Gasteiger partial charge in [0.2, 0.25) is 0 Å². The van der Waals surface area contributed by atoms with Gasteiger partial charge in [-0.15, -0.1) is 0 Å². The smallest absolute Gasteiger partial charge is 0.123 e. The number of alkyl halides is 1. The highest BCUT2D eigenvalue weighted by Gasteiger charge is 2.09. The summed E-state index contributed by atoms with van der Waals surface area (Å²) in [7, 11) is 0. The maximum atomic E-state index is 12.8. The Bertz CT molecular complexity index is 419. The van der Waals surface area contributed by atoms with Gasteiger partial charge in [0, 0.05) is 0 Å². The van der Waals surface area contributed by atoms with Crippen LogP contribution in [0.3, 0.4) is 0 Å². The Morgan fingerprint density at radius 1 is 0.875 bits per heavy atom. The fourth-order valence-corrected chi connectivity index (χ4v) is 2.08. The minimum absolute atomic E-state index is 0.00806. The van der Waals surface area contributed by atoms with E-state index in [2.05, 4.69) is 15.9 Å². The molecule has 2 aromatic carbocycles. The third-order valence-electron chi connectivity index (χ3n) is 2.35. The van der Waals surface area contributed by atoms with E-state index < -0.39 is 0 Å². The SMILES string of the molecule is Oc1ccc(C(Br)c2ccc(F)cc2)cc1. The summed E-state index contributed by atoms with van der Waals surface area (Å²) in [5, 5.41) is 9.18. The second-order valence-electron chi connectivity index (χ2n) is 3.51. The Kier molecular flexibility index (Phi) is 3.25. The van der Waals surface area contributed by atoms with Crippen LogP contribution in [-0.2, 0) is 0 Å². The van der Waals surface area contributed by atoms with Crippen LogP contribution < -0.4 is 0 Å². The predicted molar refractivity (Wildman–Crippen MR) is 65.3 cm³/mol. The average molecular weight is 281 g/mol. The van der Waals surface area contributed by atoms with Crippen LogP contribution in [0.4, 0.5) is 4.39 Å². The Morgan fingerprint density at radius 3 is 1.81 bits per heavy atom. The van der Waals surface area contributed by atoms with Gasteiger partial charge in [0.1, 0.15) is 11.6 Å². The summed E-state index contributed by atoms with van der Waals surface area (Å²) in [5.74, 6) is -0.00304. The molecule has 0 aliphatic rings. The molecule has 0 heterocycles. The van der Waals surface area contributed by atoms with Gasteiger partial charge in [0.15, 0.2) is 0 Å². The maximum absolute atomic E-state index is 12.8. The van der Waals surface area contributed by atoms with Crippen LogP contribution in [0, 0.1) is 5.82 Å². The maximum Gasteiger partial charge on any atom is 0.123 e. The standard InChI is InChI=1S/C13H10BrFO/c14-13(9-1-5-11(15)6-2-9)10-3-7-12(16)8-4-10/h1-8,13,16H. The highest BCUT2D eigenvalue weighted by atomic mass is 79.9. The zero-order valence-corrected chi connectivity index (χ0v) is 9.99. The quantitative estimate of drug-likeness (QED) is 0.824. The van der Waals surface area contributed by atoms with Crippen LogP contribution in [0.1, 0.15) is 16.0 Å². The molecule has 0 amide bonds. The molecule has 0 radical (unpaired) electrons. The lowest BCUT2D eigenvalue weighted by Gasteiger charge is -2.10. The van der Waals surface area contributed by atoms with Gasteiger partial charge < -0.3 is 5.11 Å². The molecule has 0 saturated carbocycles. The van der Waals surface area contributed by atoms with Crippen molar-refractivity contribution < 1.29 is 9.50 Å². The average Bonchev–Trinajstić information content (AvgIpc) is 2.30. The Labute approximate surface area is 102 Å². The summed E-state index contributed by atoms with van der Waals surface area (Å²) in [5.41, 5.74) is 2.00. The largest absolute Gasteiger partial charge is 0.508 e. The number of aromatic hydroxyl groups is 1. The number of hydrogen-bond acceptors (Lipinski definition) is 1. The van der Waals surface area contributed by atoms with E-state index in [9.17, 15) is 9.50 Å². The van der Waals surface area contributed by atoms with Gasteiger partial charge >= 0.3 is 0 Å². The summed E-state index contributed by atoms with van der Waals surface area (Å²) in [4.78, 5) is 0.00806. The second-order valence-corrected chi connectivity index (χ2v) is 4.42. The number of halogens is 2. The lowest BCUT2D eigenvalue weighted by atomic mass is 10.0. The fraction of sp³-hybridized carbons (Fsp3) is 0.0769. The van der Waals surface area contributed by atoms with Crippen LogP contribution in [0.5, 0.6) is 5.75 Å². The Hall–Kier alpha value is -1.35. The van der Waals surface area contributed by atoms with Crippen molar-refractivity contribution in [1.82, 2.24) is 0 Å².